The maximum atomic E-state index is 12.5. The zero-order chi connectivity index (χ0) is 18.4. The van der Waals surface area contributed by atoms with Crippen molar-refractivity contribution in [3.8, 4) is 0 Å². The van der Waals surface area contributed by atoms with Gasteiger partial charge in [0.1, 0.15) is 30.0 Å². The van der Waals surface area contributed by atoms with E-state index < -0.39 is 65.3 Å². The van der Waals surface area contributed by atoms with Crippen molar-refractivity contribution in [2.45, 2.75) is 56.9 Å². The van der Waals surface area contributed by atoms with E-state index in [0.717, 1.165) is 0 Å². The fraction of sp³-hybridized carbons (Fsp3) is 0.765. The predicted molar refractivity (Wildman–Crippen MR) is 81.3 cm³/mol. The third-order valence-corrected chi connectivity index (χ3v) is 6.83. The molecule has 2 heterocycles. The van der Waals surface area contributed by atoms with Crippen LogP contribution in [0.1, 0.15) is 20.8 Å². The van der Waals surface area contributed by atoms with Crippen LogP contribution >= 0.6 is 0 Å². The summed E-state index contributed by atoms with van der Waals surface area (Å²) in [6.07, 6.45) is -3.87. The van der Waals surface area contributed by atoms with Crippen LogP contribution in [0.15, 0.2) is 11.6 Å². The maximum Gasteiger partial charge on any atom is 0.303 e. The smallest absolute Gasteiger partial charge is 0.303 e. The van der Waals surface area contributed by atoms with E-state index in [4.69, 9.17) is 14.2 Å². The van der Waals surface area contributed by atoms with Crippen LogP contribution in [0, 0.1) is 10.8 Å². The Morgan fingerprint density at radius 2 is 2.08 bits per heavy atom. The van der Waals surface area contributed by atoms with E-state index in [0.29, 0.717) is 5.57 Å². The molecule has 0 aromatic heterocycles. The number of Topliss-reactive ketones (excluding diaryl/α,β-unsaturated/α-hetero) is 1. The number of ether oxygens (including phenoxy) is 3. The summed E-state index contributed by atoms with van der Waals surface area (Å²) in [6, 6.07) is 0. The minimum Gasteiger partial charge on any atom is -0.459 e. The molecule has 2 aliphatic carbocycles. The summed E-state index contributed by atoms with van der Waals surface area (Å²) in [5.74, 6) is -1.13. The fourth-order valence-electron chi connectivity index (χ4n) is 5.37. The van der Waals surface area contributed by atoms with Gasteiger partial charge < -0.3 is 29.5 Å². The number of ketones is 1. The molecule has 25 heavy (non-hydrogen) atoms. The molecule has 3 N–H and O–H groups in total. The normalized spacial score (nSPS) is 53.4. The minimum absolute atomic E-state index is 0.223. The number of hydrogen-bond acceptors (Lipinski definition) is 8. The minimum atomic E-state index is -1.57. The molecule has 1 spiro atoms. The topological polar surface area (TPSA) is 126 Å². The lowest BCUT2D eigenvalue weighted by molar-refractivity contribution is -0.255. The fourth-order valence-corrected chi connectivity index (χ4v) is 5.37. The molecule has 2 saturated heterocycles. The van der Waals surface area contributed by atoms with Gasteiger partial charge in [-0.25, -0.2) is 0 Å². The van der Waals surface area contributed by atoms with Crippen LogP contribution in [0.3, 0.4) is 0 Å². The predicted octanol–water partition coefficient (Wildman–Crippen LogP) is -1.30. The number of aliphatic hydroxyl groups excluding tert-OH is 3. The van der Waals surface area contributed by atoms with Gasteiger partial charge in [-0.15, -0.1) is 0 Å². The Morgan fingerprint density at radius 3 is 2.60 bits per heavy atom. The molecule has 2 bridgehead atoms. The number of epoxide rings is 1. The number of carbonyl (C=O) groups excluding carboxylic acids is 2. The van der Waals surface area contributed by atoms with E-state index in [1.807, 2.05) is 0 Å². The van der Waals surface area contributed by atoms with Crippen LogP contribution in [-0.4, -0.2) is 76.4 Å². The molecular weight excluding hydrogens is 332 g/mol. The first kappa shape index (κ1) is 17.1. The molecule has 8 heteroatoms. The summed E-state index contributed by atoms with van der Waals surface area (Å²) in [7, 11) is 0. The van der Waals surface area contributed by atoms with Gasteiger partial charge in [0.2, 0.25) is 0 Å². The van der Waals surface area contributed by atoms with Gasteiger partial charge in [-0.05, 0) is 18.6 Å². The molecule has 3 fully saturated rings. The Kier molecular flexibility index (Phi) is 3.35. The van der Waals surface area contributed by atoms with Crippen molar-refractivity contribution in [1.29, 1.82) is 0 Å². The Labute approximate surface area is 144 Å². The van der Waals surface area contributed by atoms with E-state index in [-0.39, 0.29) is 6.61 Å². The third-order valence-electron chi connectivity index (χ3n) is 6.83. The molecule has 4 rings (SSSR count). The number of fused-ring (bicyclic) bond motifs is 2. The van der Waals surface area contributed by atoms with E-state index in [1.165, 1.54) is 6.92 Å². The summed E-state index contributed by atoms with van der Waals surface area (Å²) in [5.41, 5.74) is -3.39. The zero-order valence-corrected chi connectivity index (χ0v) is 14.3. The quantitative estimate of drug-likeness (QED) is 0.413. The summed E-state index contributed by atoms with van der Waals surface area (Å²) in [6.45, 7) is 4.11. The van der Waals surface area contributed by atoms with E-state index in [9.17, 15) is 24.9 Å². The lowest BCUT2D eigenvalue weighted by atomic mass is 9.50. The summed E-state index contributed by atoms with van der Waals surface area (Å²) in [4.78, 5) is 24.1. The second kappa shape index (κ2) is 4.89. The van der Waals surface area contributed by atoms with Crippen molar-refractivity contribution in [2.75, 3.05) is 13.2 Å². The molecule has 138 valence electrons. The van der Waals surface area contributed by atoms with Crippen LogP contribution in [-0.2, 0) is 23.8 Å². The molecule has 0 radical (unpaired) electrons. The second-order valence-electron chi connectivity index (χ2n) is 7.69. The molecule has 0 amide bonds. The summed E-state index contributed by atoms with van der Waals surface area (Å²) >= 11 is 0. The number of aliphatic hydroxyl groups is 3. The van der Waals surface area contributed by atoms with Crippen molar-refractivity contribution in [3.63, 3.8) is 0 Å². The van der Waals surface area contributed by atoms with Crippen molar-refractivity contribution >= 4 is 11.8 Å². The highest BCUT2D eigenvalue weighted by Crippen LogP contribution is 2.71. The third kappa shape index (κ3) is 1.65. The van der Waals surface area contributed by atoms with Gasteiger partial charge in [-0.2, -0.15) is 0 Å². The largest absolute Gasteiger partial charge is 0.459 e. The monoisotopic (exact) mass is 354 g/mol. The lowest BCUT2D eigenvalue weighted by Crippen LogP contribution is -2.72. The first-order valence-corrected chi connectivity index (χ1v) is 8.33. The van der Waals surface area contributed by atoms with Gasteiger partial charge in [0.15, 0.2) is 5.78 Å². The van der Waals surface area contributed by atoms with Crippen LogP contribution in [0.2, 0.25) is 0 Å². The Bertz CT molecular complexity index is 682. The molecule has 0 aromatic carbocycles. The first-order chi connectivity index (χ1) is 11.7. The number of carbonyl (C=O) groups is 2. The highest BCUT2D eigenvalue weighted by atomic mass is 16.7. The molecule has 8 nitrogen and oxygen atoms in total. The molecule has 1 saturated carbocycles. The van der Waals surface area contributed by atoms with Crippen LogP contribution in [0.4, 0.5) is 0 Å². The van der Waals surface area contributed by atoms with E-state index in [1.54, 1.807) is 19.9 Å². The summed E-state index contributed by atoms with van der Waals surface area (Å²) < 4.78 is 17.1. The van der Waals surface area contributed by atoms with Gasteiger partial charge in [0.05, 0.1) is 30.1 Å². The molecule has 0 aromatic rings. The molecule has 0 unspecified atom stereocenters. The average molecular weight is 354 g/mol. The number of esters is 1. The van der Waals surface area contributed by atoms with Gasteiger partial charge in [-0.3, -0.25) is 9.59 Å². The molecule has 2 aliphatic heterocycles. The van der Waals surface area contributed by atoms with Crippen LogP contribution < -0.4 is 0 Å². The zero-order valence-electron chi connectivity index (χ0n) is 14.3. The van der Waals surface area contributed by atoms with Crippen molar-refractivity contribution in [2.24, 2.45) is 10.8 Å². The second-order valence-corrected chi connectivity index (χ2v) is 7.69. The molecule has 8 atom stereocenters. The van der Waals surface area contributed by atoms with Gasteiger partial charge >= 0.3 is 5.97 Å². The molecule has 4 aliphatic rings. The Morgan fingerprint density at radius 1 is 1.44 bits per heavy atom. The van der Waals surface area contributed by atoms with E-state index in [2.05, 4.69) is 0 Å². The summed E-state index contributed by atoms with van der Waals surface area (Å²) in [5, 5.41) is 32.0. The van der Waals surface area contributed by atoms with Crippen LogP contribution in [0.25, 0.3) is 0 Å². The number of hydrogen-bond donors (Lipinski definition) is 3. The standard InChI is InChI=1S/C17H22O8/c1-7-4-9-16(5-18,12(22)10(7)20)15(3)13(24-8(2)19)11(21)14(25-9)17(15)6-23-17/h4,9,11-14,18,21-22H,5-6H2,1-3H3/t9-,11-,12-,13-,14-,15-,16-,17-/m1/s1. The van der Waals surface area contributed by atoms with Crippen molar-refractivity contribution < 1.29 is 39.1 Å². The van der Waals surface area contributed by atoms with Gasteiger partial charge in [0, 0.05) is 6.92 Å². The Hall–Kier alpha value is -1.32. The highest BCUT2D eigenvalue weighted by Gasteiger charge is 2.87. The molecular formula is C17H22O8. The lowest BCUT2D eigenvalue weighted by Gasteiger charge is -2.58. The SMILES string of the molecule is CC(=O)O[C@@H]1[C@@H](O)[C@H]2O[C@@H]3C=C(C)C(=O)[C@@H](O)[C@]3(CO)[C@]1(C)[C@@]21CO1. The van der Waals surface area contributed by atoms with Gasteiger partial charge in [-0.1, -0.05) is 6.92 Å². The maximum absolute atomic E-state index is 12.5. The van der Waals surface area contributed by atoms with Gasteiger partial charge in [0.25, 0.3) is 0 Å². The highest BCUT2D eigenvalue weighted by molar-refractivity contribution is 6.00. The number of rotatable bonds is 2. The first-order valence-electron chi connectivity index (χ1n) is 8.33. The average Bonchev–Trinajstić information content (AvgIpc) is 3.33. The van der Waals surface area contributed by atoms with Crippen molar-refractivity contribution in [1.82, 2.24) is 0 Å². The van der Waals surface area contributed by atoms with Crippen LogP contribution in [0.5, 0.6) is 0 Å². The van der Waals surface area contributed by atoms with E-state index >= 15 is 0 Å². The Balaban J connectivity index is 1.96. The van der Waals surface area contributed by atoms with Crippen molar-refractivity contribution in [3.05, 3.63) is 11.6 Å².